The Morgan fingerprint density at radius 3 is 2.86 bits per heavy atom. The highest BCUT2D eigenvalue weighted by Gasteiger charge is 2.29. The number of carbonyl (C=O) groups is 1. The van der Waals surface area contributed by atoms with Crippen molar-refractivity contribution in [3.05, 3.63) is 57.4 Å². The van der Waals surface area contributed by atoms with Crippen molar-refractivity contribution in [2.45, 2.75) is 51.4 Å². The van der Waals surface area contributed by atoms with Gasteiger partial charge in [-0.1, -0.05) is 11.6 Å². The Balaban J connectivity index is 1.32. The summed E-state index contributed by atoms with van der Waals surface area (Å²) in [4.78, 5) is 19.6. The van der Waals surface area contributed by atoms with Crippen molar-refractivity contribution in [1.29, 1.82) is 0 Å². The Hall–Kier alpha value is -2.15. The molecule has 0 saturated carbocycles. The fraction of sp³-hybridized carbons (Fsp3) is 0.500. The number of hydrogen-bond donors (Lipinski definition) is 1. The standard InChI is InChI=1S/C28H35ClN2O3S/c1-34-23-8-9-26-24(18-23)21(11-14-30-26)5-2-4-20-12-16-31(19-22(20)7-10-28(32)33)15-3-6-27-25(29)13-17-35-27/h8-9,11,13-14,17-18,20,22H,2-7,10,12,15-16,19H2,1H3,(H,32,33)/t20-,22+/m1/s1. The van der Waals surface area contributed by atoms with Crippen LogP contribution in [0.2, 0.25) is 5.02 Å². The van der Waals surface area contributed by atoms with E-state index in [0.717, 1.165) is 86.3 Å². The number of pyridine rings is 1. The van der Waals surface area contributed by atoms with Gasteiger partial charge in [-0.15, -0.1) is 11.3 Å². The maximum absolute atomic E-state index is 11.3. The van der Waals surface area contributed by atoms with Gasteiger partial charge in [0.05, 0.1) is 17.6 Å². The van der Waals surface area contributed by atoms with E-state index < -0.39 is 5.97 Å². The van der Waals surface area contributed by atoms with Gasteiger partial charge in [0.1, 0.15) is 5.75 Å². The van der Waals surface area contributed by atoms with Gasteiger partial charge in [0, 0.05) is 29.4 Å². The summed E-state index contributed by atoms with van der Waals surface area (Å²) >= 11 is 7.98. The smallest absolute Gasteiger partial charge is 0.303 e. The fourth-order valence-electron chi connectivity index (χ4n) is 5.42. The van der Waals surface area contributed by atoms with E-state index in [0.29, 0.717) is 11.8 Å². The van der Waals surface area contributed by atoms with Gasteiger partial charge in [0.25, 0.3) is 0 Å². The van der Waals surface area contributed by atoms with Crippen LogP contribution in [0.25, 0.3) is 10.9 Å². The molecule has 2 atom stereocenters. The number of fused-ring (bicyclic) bond motifs is 1. The van der Waals surface area contributed by atoms with Gasteiger partial charge in [-0.2, -0.15) is 0 Å². The van der Waals surface area contributed by atoms with Crippen LogP contribution in [0.5, 0.6) is 5.75 Å². The number of carboxylic acid groups (broad SMARTS) is 1. The molecule has 1 aromatic carbocycles. The van der Waals surface area contributed by atoms with Crippen LogP contribution < -0.4 is 4.74 Å². The zero-order valence-electron chi connectivity index (χ0n) is 20.4. The highest BCUT2D eigenvalue weighted by atomic mass is 35.5. The third-order valence-electron chi connectivity index (χ3n) is 7.33. The molecular weight excluding hydrogens is 480 g/mol. The number of likely N-dealkylation sites (tertiary alicyclic amines) is 1. The molecule has 1 N–H and O–H groups in total. The molecule has 7 heteroatoms. The monoisotopic (exact) mass is 514 g/mol. The van der Waals surface area contributed by atoms with E-state index in [-0.39, 0.29) is 6.42 Å². The molecular formula is C28H35ClN2O3S. The van der Waals surface area contributed by atoms with Gasteiger partial charge < -0.3 is 14.7 Å². The minimum Gasteiger partial charge on any atom is -0.497 e. The van der Waals surface area contributed by atoms with E-state index >= 15 is 0 Å². The van der Waals surface area contributed by atoms with Gasteiger partial charge >= 0.3 is 5.97 Å². The molecule has 0 unspecified atom stereocenters. The van der Waals surface area contributed by atoms with Gasteiger partial charge in [0.15, 0.2) is 0 Å². The largest absolute Gasteiger partial charge is 0.497 e. The van der Waals surface area contributed by atoms with Crippen LogP contribution in [0.3, 0.4) is 0 Å². The van der Waals surface area contributed by atoms with Crippen molar-refractivity contribution >= 4 is 39.8 Å². The topological polar surface area (TPSA) is 62.7 Å². The minimum absolute atomic E-state index is 0.259. The number of aliphatic carboxylic acids is 1. The summed E-state index contributed by atoms with van der Waals surface area (Å²) in [7, 11) is 1.69. The number of carboxylic acids is 1. The highest BCUT2D eigenvalue weighted by Crippen LogP contribution is 2.33. The number of ether oxygens (including phenoxy) is 1. The number of methoxy groups -OCH3 is 1. The number of piperidine rings is 1. The van der Waals surface area contributed by atoms with Crippen LogP contribution in [-0.4, -0.2) is 47.7 Å². The van der Waals surface area contributed by atoms with Crippen LogP contribution in [-0.2, 0) is 17.6 Å². The molecule has 188 valence electrons. The molecule has 3 aromatic rings. The maximum Gasteiger partial charge on any atom is 0.303 e. The number of aryl methyl sites for hydroxylation is 2. The molecule has 1 aliphatic heterocycles. The predicted octanol–water partition coefficient (Wildman–Crippen LogP) is 6.72. The van der Waals surface area contributed by atoms with Crippen molar-refractivity contribution in [2.24, 2.45) is 11.8 Å². The Kier molecular flexibility index (Phi) is 9.41. The predicted molar refractivity (Wildman–Crippen MR) is 144 cm³/mol. The summed E-state index contributed by atoms with van der Waals surface area (Å²) in [6.07, 6.45) is 9.40. The van der Waals surface area contributed by atoms with Crippen molar-refractivity contribution in [3.63, 3.8) is 0 Å². The molecule has 1 fully saturated rings. The molecule has 0 radical (unpaired) electrons. The number of halogens is 1. The number of thiophene rings is 1. The molecule has 1 aliphatic rings. The van der Waals surface area contributed by atoms with Crippen LogP contribution >= 0.6 is 22.9 Å². The van der Waals surface area contributed by atoms with Crippen molar-refractivity contribution in [3.8, 4) is 5.75 Å². The first-order valence-electron chi connectivity index (χ1n) is 12.6. The summed E-state index contributed by atoms with van der Waals surface area (Å²) in [6.45, 7) is 3.16. The Morgan fingerprint density at radius 1 is 1.20 bits per heavy atom. The first kappa shape index (κ1) is 25.9. The van der Waals surface area contributed by atoms with E-state index in [1.54, 1.807) is 18.4 Å². The number of rotatable bonds is 12. The van der Waals surface area contributed by atoms with Crippen LogP contribution in [0, 0.1) is 11.8 Å². The second kappa shape index (κ2) is 12.7. The minimum atomic E-state index is -0.689. The lowest BCUT2D eigenvalue weighted by atomic mass is 9.79. The Morgan fingerprint density at radius 2 is 2.09 bits per heavy atom. The Labute approximate surface area is 217 Å². The lowest BCUT2D eigenvalue weighted by Crippen LogP contribution is -2.41. The first-order valence-corrected chi connectivity index (χ1v) is 13.9. The van der Waals surface area contributed by atoms with Gasteiger partial charge in [-0.25, -0.2) is 0 Å². The van der Waals surface area contributed by atoms with Crippen LogP contribution in [0.15, 0.2) is 41.9 Å². The average Bonchev–Trinajstić information content (AvgIpc) is 3.28. The molecule has 0 spiro atoms. The average molecular weight is 515 g/mol. The van der Waals surface area contributed by atoms with Crippen molar-refractivity contribution in [1.82, 2.24) is 9.88 Å². The number of nitrogens with zero attached hydrogens (tertiary/aromatic N) is 2. The van der Waals surface area contributed by atoms with Gasteiger partial charge in [-0.05, 0) is 111 Å². The maximum atomic E-state index is 11.3. The fourth-order valence-corrected chi connectivity index (χ4v) is 6.60. The number of benzene rings is 1. The summed E-state index contributed by atoms with van der Waals surface area (Å²) in [6, 6.07) is 10.1. The third kappa shape index (κ3) is 7.18. The van der Waals surface area contributed by atoms with E-state index in [4.69, 9.17) is 16.3 Å². The summed E-state index contributed by atoms with van der Waals surface area (Å²) in [5.41, 5.74) is 2.31. The van der Waals surface area contributed by atoms with Crippen molar-refractivity contribution < 1.29 is 14.6 Å². The molecule has 4 rings (SSSR count). The van der Waals surface area contributed by atoms with Crippen LogP contribution in [0.1, 0.15) is 49.0 Å². The molecule has 0 bridgehead atoms. The van der Waals surface area contributed by atoms with E-state index in [9.17, 15) is 9.90 Å². The summed E-state index contributed by atoms with van der Waals surface area (Å²) in [5, 5.41) is 13.4. The molecule has 2 aromatic heterocycles. The van der Waals surface area contributed by atoms with Gasteiger partial charge in [-0.3, -0.25) is 9.78 Å². The lowest BCUT2D eigenvalue weighted by Gasteiger charge is -2.39. The van der Waals surface area contributed by atoms with Crippen molar-refractivity contribution in [2.75, 3.05) is 26.7 Å². The molecule has 1 saturated heterocycles. The van der Waals surface area contributed by atoms with Gasteiger partial charge in [0.2, 0.25) is 0 Å². The number of hydrogen-bond acceptors (Lipinski definition) is 5. The zero-order valence-corrected chi connectivity index (χ0v) is 22.0. The number of aromatic nitrogens is 1. The summed E-state index contributed by atoms with van der Waals surface area (Å²) < 4.78 is 5.42. The Bertz CT molecular complexity index is 1120. The molecule has 3 heterocycles. The molecule has 5 nitrogen and oxygen atoms in total. The van der Waals surface area contributed by atoms with E-state index in [2.05, 4.69) is 27.4 Å². The van der Waals surface area contributed by atoms with E-state index in [1.165, 1.54) is 10.4 Å². The second-order valence-electron chi connectivity index (χ2n) is 9.58. The quantitative estimate of drug-likeness (QED) is 0.291. The normalized spacial score (nSPS) is 18.7. The third-order valence-corrected chi connectivity index (χ3v) is 8.78. The lowest BCUT2D eigenvalue weighted by molar-refractivity contribution is -0.137. The molecule has 35 heavy (non-hydrogen) atoms. The van der Waals surface area contributed by atoms with E-state index in [1.807, 2.05) is 24.4 Å². The second-order valence-corrected chi connectivity index (χ2v) is 11.0. The van der Waals surface area contributed by atoms with Crippen LogP contribution in [0.4, 0.5) is 0 Å². The summed E-state index contributed by atoms with van der Waals surface area (Å²) in [5.74, 6) is 1.19. The SMILES string of the molecule is COc1ccc2nccc(CCC[C@@H]3CCN(CCCc4sccc4Cl)C[C@@H]3CCC(=O)O)c2c1. The zero-order chi connectivity index (χ0) is 24.6. The first-order chi connectivity index (χ1) is 17.0. The molecule has 0 amide bonds. The highest BCUT2D eigenvalue weighted by molar-refractivity contribution is 7.10. The molecule has 0 aliphatic carbocycles.